The lowest BCUT2D eigenvalue weighted by atomic mass is 10.1. The lowest BCUT2D eigenvalue weighted by molar-refractivity contribution is 0.0975. The van der Waals surface area contributed by atoms with Crippen LogP contribution < -0.4 is 5.32 Å². The third-order valence-corrected chi connectivity index (χ3v) is 2.89. The molecule has 18 heavy (non-hydrogen) atoms. The molecular formula is C16H17NO. The molecule has 0 spiro atoms. The van der Waals surface area contributed by atoms with Crippen molar-refractivity contribution >= 4 is 11.5 Å². The summed E-state index contributed by atoms with van der Waals surface area (Å²) in [5, 5.41) is 3.22. The maximum absolute atomic E-state index is 12.2. The number of rotatable bonds is 4. The van der Waals surface area contributed by atoms with E-state index in [1.807, 2.05) is 68.4 Å². The number of benzene rings is 2. The summed E-state index contributed by atoms with van der Waals surface area (Å²) < 4.78 is 0. The van der Waals surface area contributed by atoms with E-state index in [4.69, 9.17) is 0 Å². The quantitative estimate of drug-likeness (QED) is 0.825. The van der Waals surface area contributed by atoms with Crippen LogP contribution in [-0.2, 0) is 0 Å². The van der Waals surface area contributed by atoms with Crippen LogP contribution in [0.4, 0.5) is 5.69 Å². The maximum atomic E-state index is 12.2. The Labute approximate surface area is 108 Å². The number of aryl methyl sites for hydroxylation is 1. The van der Waals surface area contributed by atoms with Gasteiger partial charge in [-0.2, -0.15) is 0 Å². The Morgan fingerprint density at radius 2 is 1.61 bits per heavy atom. The summed E-state index contributed by atoms with van der Waals surface area (Å²) in [6, 6.07) is 17.2. The van der Waals surface area contributed by atoms with Crippen LogP contribution in [0.3, 0.4) is 0 Å². The lowest BCUT2D eigenvalue weighted by Gasteiger charge is -2.14. The zero-order valence-corrected chi connectivity index (χ0v) is 10.7. The van der Waals surface area contributed by atoms with Crippen molar-refractivity contribution in [2.75, 3.05) is 5.32 Å². The van der Waals surface area contributed by atoms with Crippen LogP contribution >= 0.6 is 0 Å². The van der Waals surface area contributed by atoms with E-state index < -0.39 is 0 Å². The van der Waals surface area contributed by atoms with E-state index in [0.717, 1.165) is 11.3 Å². The van der Waals surface area contributed by atoms with Crippen LogP contribution in [-0.4, -0.2) is 11.8 Å². The van der Waals surface area contributed by atoms with E-state index in [9.17, 15) is 4.79 Å². The molecule has 0 aromatic heterocycles. The monoisotopic (exact) mass is 239 g/mol. The number of Topliss-reactive ketones (excluding diaryl/α,β-unsaturated/α-hetero) is 1. The Morgan fingerprint density at radius 3 is 2.22 bits per heavy atom. The molecule has 92 valence electrons. The fourth-order valence-corrected chi connectivity index (χ4v) is 1.82. The average Bonchev–Trinajstić information content (AvgIpc) is 2.41. The maximum Gasteiger partial charge on any atom is 0.184 e. The topological polar surface area (TPSA) is 29.1 Å². The van der Waals surface area contributed by atoms with Crippen LogP contribution in [0, 0.1) is 6.92 Å². The van der Waals surface area contributed by atoms with Crippen LogP contribution in [0.15, 0.2) is 54.6 Å². The Kier molecular flexibility index (Phi) is 3.78. The molecule has 2 aromatic carbocycles. The van der Waals surface area contributed by atoms with Gasteiger partial charge in [0, 0.05) is 11.3 Å². The Bertz CT molecular complexity index is 517. The van der Waals surface area contributed by atoms with Crippen molar-refractivity contribution in [2.24, 2.45) is 0 Å². The summed E-state index contributed by atoms with van der Waals surface area (Å²) in [6.07, 6.45) is 0. The summed E-state index contributed by atoms with van der Waals surface area (Å²) in [5.74, 6) is 0.108. The van der Waals surface area contributed by atoms with E-state index in [-0.39, 0.29) is 11.8 Å². The average molecular weight is 239 g/mol. The second-order valence-corrected chi connectivity index (χ2v) is 4.46. The van der Waals surface area contributed by atoms with Crippen molar-refractivity contribution < 1.29 is 4.79 Å². The first kappa shape index (κ1) is 12.4. The highest BCUT2D eigenvalue weighted by atomic mass is 16.1. The Balaban J connectivity index is 2.06. The SMILES string of the molecule is Cc1ccc(NC(C)C(=O)c2ccccc2)cc1. The molecule has 2 aromatic rings. The van der Waals surface area contributed by atoms with Gasteiger partial charge in [0.05, 0.1) is 6.04 Å². The largest absolute Gasteiger partial charge is 0.375 e. The molecule has 1 N–H and O–H groups in total. The molecule has 0 aliphatic heterocycles. The molecule has 1 atom stereocenters. The van der Waals surface area contributed by atoms with E-state index in [1.54, 1.807) is 0 Å². The summed E-state index contributed by atoms with van der Waals surface area (Å²) in [4.78, 5) is 12.2. The molecular weight excluding hydrogens is 222 g/mol. The molecule has 2 rings (SSSR count). The second kappa shape index (κ2) is 5.50. The third kappa shape index (κ3) is 2.98. The fourth-order valence-electron chi connectivity index (χ4n) is 1.82. The minimum Gasteiger partial charge on any atom is -0.375 e. The molecule has 0 saturated carbocycles. The van der Waals surface area contributed by atoms with Crippen molar-refractivity contribution in [2.45, 2.75) is 19.9 Å². The molecule has 0 aliphatic carbocycles. The standard InChI is InChI=1S/C16H17NO/c1-12-8-10-15(11-9-12)17-13(2)16(18)14-6-4-3-5-7-14/h3-11,13,17H,1-2H3. The predicted octanol–water partition coefficient (Wildman–Crippen LogP) is 3.68. The number of hydrogen-bond acceptors (Lipinski definition) is 2. The van der Waals surface area contributed by atoms with Crippen molar-refractivity contribution in [3.05, 3.63) is 65.7 Å². The molecule has 1 unspecified atom stereocenters. The van der Waals surface area contributed by atoms with Gasteiger partial charge >= 0.3 is 0 Å². The number of carbonyl (C=O) groups is 1. The molecule has 0 bridgehead atoms. The molecule has 0 saturated heterocycles. The number of hydrogen-bond donors (Lipinski definition) is 1. The molecule has 2 nitrogen and oxygen atoms in total. The van der Waals surface area contributed by atoms with Crippen molar-refractivity contribution in [3.63, 3.8) is 0 Å². The van der Waals surface area contributed by atoms with Crippen LogP contribution in [0.25, 0.3) is 0 Å². The normalized spacial score (nSPS) is 11.9. The van der Waals surface area contributed by atoms with Gasteiger partial charge in [0.1, 0.15) is 0 Å². The van der Waals surface area contributed by atoms with E-state index in [1.165, 1.54) is 5.56 Å². The highest BCUT2D eigenvalue weighted by Crippen LogP contribution is 2.12. The van der Waals surface area contributed by atoms with Gasteiger partial charge in [-0.25, -0.2) is 0 Å². The zero-order valence-electron chi connectivity index (χ0n) is 10.7. The molecule has 0 heterocycles. The Hall–Kier alpha value is -2.09. The lowest BCUT2D eigenvalue weighted by Crippen LogP contribution is -2.26. The van der Waals surface area contributed by atoms with Gasteiger partial charge in [0.2, 0.25) is 0 Å². The van der Waals surface area contributed by atoms with Crippen LogP contribution in [0.2, 0.25) is 0 Å². The first-order chi connectivity index (χ1) is 8.66. The van der Waals surface area contributed by atoms with Crippen LogP contribution in [0.5, 0.6) is 0 Å². The van der Waals surface area contributed by atoms with Crippen molar-refractivity contribution in [1.29, 1.82) is 0 Å². The highest BCUT2D eigenvalue weighted by Gasteiger charge is 2.14. The van der Waals surface area contributed by atoms with E-state index in [2.05, 4.69) is 5.32 Å². The zero-order chi connectivity index (χ0) is 13.0. The fraction of sp³-hybridized carbons (Fsp3) is 0.188. The summed E-state index contributed by atoms with van der Waals surface area (Å²) in [5.41, 5.74) is 2.92. The number of anilines is 1. The van der Waals surface area contributed by atoms with Gasteiger partial charge in [0.25, 0.3) is 0 Å². The van der Waals surface area contributed by atoms with Gasteiger partial charge in [-0.1, -0.05) is 48.0 Å². The number of nitrogens with one attached hydrogen (secondary N) is 1. The first-order valence-corrected chi connectivity index (χ1v) is 6.09. The molecule has 0 fully saturated rings. The van der Waals surface area contributed by atoms with Gasteiger partial charge < -0.3 is 5.32 Å². The van der Waals surface area contributed by atoms with E-state index >= 15 is 0 Å². The highest BCUT2D eigenvalue weighted by molar-refractivity contribution is 6.01. The molecule has 2 heteroatoms. The minimum atomic E-state index is -0.227. The van der Waals surface area contributed by atoms with Crippen molar-refractivity contribution in [1.82, 2.24) is 0 Å². The second-order valence-electron chi connectivity index (χ2n) is 4.46. The predicted molar refractivity (Wildman–Crippen MR) is 75.0 cm³/mol. The number of ketones is 1. The summed E-state index contributed by atoms with van der Waals surface area (Å²) in [7, 11) is 0. The minimum absolute atomic E-state index is 0.108. The van der Waals surface area contributed by atoms with Crippen molar-refractivity contribution in [3.8, 4) is 0 Å². The summed E-state index contributed by atoms with van der Waals surface area (Å²) >= 11 is 0. The smallest absolute Gasteiger partial charge is 0.184 e. The summed E-state index contributed by atoms with van der Waals surface area (Å²) in [6.45, 7) is 3.93. The third-order valence-electron chi connectivity index (χ3n) is 2.89. The molecule has 0 radical (unpaired) electrons. The van der Waals surface area contributed by atoms with Gasteiger partial charge in [-0.3, -0.25) is 4.79 Å². The van der Waals surface area contributed by atoms with Gasteiger partial charge in [-0.05, 0) is 26.0 Å². The van der Waals surface area contributed by atoms with Gasteiger partial charge in [0.15, 0.2) is 5.78 Å². The Morgan fingerprint density at radius 1 is 1.00 bits per heavy atom. The van der Waals surface area contributed by atoms with E-state index in [0.29, 0.717) is 0 Å². The van der Waals surface area contributed by atoms with Gasteiger partial charge in [-0.15, -0.1) is 0 Å². The van der Waals surface area contributed by atoms with Crippen LogP contribution in [0.1, 0.15) is 22.8 Å². The molecule has 0 amide bonds. The first-order valence-electron chi connectivity index (χ1n) is 6.09. The number of carbonyl (C=O) groups excluding carboxylic acids is 1. The molecule has 0 aliphatic rings.